The number of allylic oxidation sites excluding steroid dienone is 1. The van der Waals surface area contributed by atoms with Crippen molar-refractivity contribution in [1.82, 2.24) is 4.90 Å². The minimum absolute atomic E-state index is 0.0362. The number of carbonyl (C=O) groups is 1. The van der Waals surface area contributed by atoms with Crippen LogP contribution in [0.15, 0.2) is 12.2 Å². The lowest BCUT2D eigenvalue weighted by Gasteiger charge is -2.44. The first kappa shape index (κ1) is 25.2. The van der Waals surface area contributed by atoms with Gasteiger partial charge in [0.1, 0.15) is 0 Å². The summed E-state index contributed by atoms with van der Waals surface area (Å²) < 4.78 is 12.1. The van der Waals surface area contributed by atoms with Crippen LogP contribution in [0.3, 0.4) is 0 Å². The Hall–Kier alpha value is -0.813. The highest BCUT2D eigenvalue weighted by molar-refractivity contribution is 6.74. The van der Waals surface area contributed by atoms with E-state index in [1.54, 1.807) is 0 Å². The fourth-order valence-electron chi connectivity index (χ4n) is 2.74. The van der Waals surface area contributed by atoms with Crippen LogP contribution in [0.5, 0.6) is 0 Å². The lowest BCUT2D eigenvalue weighted by molar-refractivity contribution is 0.0378. The molecule has 0 fully saturated rings. The third-order valence-electron chi connectivity index (χ3n) is 5.25. The molecule has 0 aromatic rings. The number of hydrogen-bond acceptors (Lipinski definition) is 3. The topological polar surface area (TPSA) is 38.8 Å². The molecule has 0 N–H and O–H groups in total. The third kappa shape index (κ3) is 7.43. The van der Waals surface area contributed by atoms with Crippen molar-refractivity contribution < 1.29 is 14.0 Å². The van der Waals surface area contributed by atoms with Gasteiger partial charge in [0, 0.05) is 6.54 Å². The molecule has 0 unspecified atom stereocenters. The molecule has 0 aromatic carbocycles. The minimum atomic E-state index is -1.97. The van der Waals surface area contributed by atoms with E-state index in [0.29, 0.717) is 13.2 Å². The van der Waals surface area contributed by atoms with Crippen molar-refractivity contribution in [1.29, 1.82) is 0 Å². The van der Waals surface area contributed by atoms with Crippen LogP contribution >= 0.6 is 0 Å². The Balaban J connectivity index is 5.85. The Labute approximate surface area is 163 Å². The molecule has 0 aliphatic rings. The Morgan fingerprint density at radius 2 is 1.77 bits per heavy atom. The van der Waals surface area contributed by atoms with Gasteiger partial charge in [0.05, 0.1) is 18.8 Å². The predicted molar refractivity (Wildman–Crippen MR) is 114 cm³/mol. The quantitative estimate of drug-likeness (QED) is 0.330. The van der Waals surface area contributed by atoms with Gasteiger partial charge in [-0.1, -0.05) is 60.1 Å². The Morgan fingerprint density at radius 3 is 2.15 bits per heavy atom. The minimum Gasteiger partial charge on any atom is -0.450 e. The monoisotopic (exact) mass is 385 g/mol. The lowest BCUT2D eigenvalue weighted by Crippen LogP contribution is -2.55. The van der Waals surface area contributed by atoms with Crippen LogP contribution in [0.25, 0.3) is 0 Å². The van der Waals surface area contributed by atoms with E-state index < -0.39 is 8.32 Å². The normalized spacial score (nSPS) is 15.3. The van der Waals surface area contributed by atoms with Gasteiger partial charge in [-0.25, -0.2) is 4.79 Å². The first-order chi connectivity index (χ1) is 11.9. The largest absolute Gasteiger partial charge is 0.450 e. The molecule has 0 aliphatic carbocycles. The lowest BCUT2D eigenvalue weighted by atomic mass is 9.96. The molecular weight excluding hydrogens is 342 g/mol. The van der Waals surface area contributed by atoms with Gasteiger partial charge in [-0.15, -0.1) is 0 Å². The number of ether oxygens (including phenoxy) is 1. The second-order valence-electron chi connectivity index (χ2n) is 8.85. The number of hydrogen-bond donors (Lipinski definition) is 0. The molecule has 0 aliphatic heterocycles. The summed E-state index contributed by atoms with van der Waals surface area (Å²) >= 11 is 0. The average molecular weight is 386 g/mol. The van der Waals surface area contributed by atoms with E-state index in [0.717, 1.165) is 12.8 Å². The molecule has 0 aromatic heterocycles. The zero-order valence-corrected chi connectivity index (χ0v) is 19.9. The molecule has 4 nitrogen and oxygen atoms in total. The molecule has 0 saturated carbocycles. The first-order valence-corrected chi connectivity index (χ1v) is 13.1. The highest BCUT2D eigenvalue weighted by Crippen LogP contribution is 2.38. The van der Waals surface area contributed by atoms with E-state index in [1.165, 1.54) is 0 Å². The molecule has 2 atom stereocenters. The van der Waals surface area contributed by atoms with Gasteiger partial charge in [-0.2, -0.15) is 0 Å². The molecule has 0 rings (SSSR count). The third-order valence-corrected chi connectivity index (χ3v) is 9.73. The first-order valence-electron chi connectivity index (χ1n) is 10.2. The summed E-state index contributed by atoms with van der Waals surface area (Å²) in [4.78, 5) is 14.6. The second kappa shape index (κ2) is 11.1. The average Bonchev–Trinajstić information content (AvgIpc) is 2.49. The number of unbranched alkanes of at least 4 members (excludes halogenated alkanes) is 1. The fourth-order valence-corrected chi connectivity index (χ4v) is 3.99. The molecule has 5 heteroatoms. The molecule has 0 saturated heterocycles. The Kier molecular flexibility index (Phi) is 10.8. The summed E-state index contributed by atoms with van der Waals surface area (Å²) in [5.41, 5.74) is 0. The van der Waals surface area contributed by atoms with Gasteiger partial charge in [-0.3, -0.25) is 0 Å². The molecular formula is C21H43NO3Si. The summed E-state index contributed by atoms with van der Waals surface area (Å²) in [7, 11) is -1.97. The van der Waals surface area contributed by atoms with Crippen molar-refractivity contribution in [3.63, 3.8) is 0 Å². The number of amides is 1. The van der Waals surface area contributed by atoms with Crippen molar-refractivity contribution in [3.8, 4) is 0 Å². The van der Waals surface area contributed by atoms with Crippen LogP contribution in [-0.2, 0) is 9.16 Å². The van der Waals surface area contributed by atoms with Gasteiger partial charge in [0.15, 0.2) is 8.32 Å². The van der Waals surface area contributed by atoms with Gasteiger partial charge in [0.25, 0.3) is 0 Å². The van der Waals surface area contributed by atoms with Gasteiger partial charge in [-0.05, 0) is 44.3 Å². The van der Waals surface area contributed by atoms with Gasteiger partial charge >= 0.3 is 6.09 Å². The number of nitrogens with zero attached hydrogens (tertiary/aromatic N) is 1. The van der Waals surface area contributed by atoms with Crippen molar-refractivity contribution >= 4 is 14.4 Å². The van der Waals surface area contributed by atoms with Crippen LogP contribution in [0.2, 0.25) is 18.1 Å². The molecule has 1 amide bonds. The molecule has 154 valence electrons. The van der Waals surface area contributed by atoms with E-state index >= 15 is 0 Å². The number of rotatable bonds is 10. The van der Waals surface area contributed by atoms with E-state index in [2.05, 4.69) is 60.7 Å². The maximum Gasteiger partial charge on any atom is 0.410 e. The summed E-state index contributed by atoms with van der Waals surface area (Å²) in [5.74, 6) is 0.266. The van der Waals surface area contributed by atoms with Crippen LogP contribution in [0.1, 0.15) is 68.2 Å². The van der Waals surface area contributed by atoms with Crippen LogP contribution < -0.4 is 0 Å². The van der Waals surface area contributed by atoms with Crippen molar-refractivity contribution in [2.24, 2.45) is 5.92 Å². The number of carbonyl (C=O) groups excluding carboxylic acids is 1. The van der Waals surface area contributed by atoms with Crippen molar-refractivity contribution in [2.75, 3.05) is 13.2 Å². The zero-order valence-electron chi connectivity index (χ0n) is 18.9. The molecule has 0 spiro atoms. The Morgan fingerprint density at radius 1 is 1.19 bits per heavy atom. The second-order valence-corrected chi connectivity index (χ2v) is 13.6. The summed E-state index contributed by atoms with van der Waals surface area (Å²) in [6.45, 7) is 22.7. The zero-order chi connectivity index (χ0) is 20.5. The van der Waals surface area contributed by atoms with E-state index in [4.69, 9.17) is 9.16 Å². The van der Waals surface area contributed by atoms with E-state index in [-0.39, 0.29) is 29.2 Å². The smallest absolute Gasteiger partial charge is 0.410 e. The maximum atomic E-state index is 12.7. The van der Waals surface area contributed by atoms with E-state index in [9.17, 15) is 4.79 Å². The van der Waals surface area contributed by atoms with Gasteiger partial charge in [0.2, 0.25) is 0 Å². The van der Waals surface area contributed by atoms with Crippen LogP contribution in [0.4, 0.5) is 4.79 Å². The molecule has 0 heterocycles. The van der Waals surface area contributed by atoms with Crippen molar-refractivity contribution in [2.45, 2.75) is 98.5 Å². The predicted octanol–water partition coefficient (Wildman–Crippen LogP) is 6.24. The highest BCUT2D eigenvalue weighted by Gasteiger charge is 2.42. The molecule has 0 bridgehead atoms. The Bertz CT molecular complexity index is 441. The van der Waals surface area contributed by atoms with Crippen LogP contribution in [-0.4, -0.2) is 44.6 Å². The summed E-state index contributed by atoms with van der Waals surface area (Å²) in [5, 5.41) is 0.118. The van der Waals surface area contributed by atoms with Gasteiger partial charge < -0.3 is 14.1 Å². The van der Waals surface area contributed by atoms with E-state index in [1.807, 2.05) is 24.8 Å². The highest BCUT2D eigenvalue weighted by atomic mass is 28.4. The SMILES string of the molecule is C/C=C/[C@@H](O[Si](C)(C)C(C)(C)C)[C@@H](C(C)C)N(CCCC)C(=O)OCC. The molecule has 0 radical (unpaired) electrons. The van der Waals surface area contributed by atoms with Crippen molar-refractivity contribution in [3.05, 3.63) is 12.2 Å². The summed E-state index contributed by atoms with van der Waals surface area (Å²) in [6, 6.07) is -0.0362. The summed E-state index contributed by atoms with van der Waals surface area (Å²) in [6.07, 6.45) is 5.80. The fraction of sp³-hybridized carbons (Fsp3) is 0.857. The maximum absolute atomic E-state index is 12.7. The standard InChI is InChI=1S/C21H43NO3Si/c1-11-14-16-22(20(23)24-13-3)19(17(4)5)18(15-12-2)25-26(9,10)21(6,7)8/h12,15,17-19H,11,13-14,16H2,1-10H3/b15-12+/t18-,19-/m1/s1. The van der Waals surface area contributed by atoms with Crippen LogP contribution in [0, 0.1) is 5.92 Å². The molecule has 26 heavy (non-hydrogen) atoms.